The maximum atomic E-state index is 7.87. The van der Waals surface area contributed by atoms with Crippen molar-refractivity contribution in [3.8, 4) is 0 Å². The summed E-state index contributed by atoms with van der Waals surface area (Å²) in [4.78, 5) is 3.89. The Balaban J connectivity index is 2.83. The van der Waals surface area contributed by atoms with E-state index in [0.717, 1.165) is 6.42 Å². The molecule has 0 heterocycles. The maximum Gasteiger partial charge on any atom is 0.0745 e. The van der Waals surface area contributed by atoms with Crippen LogP contribution in [-0.4, -0.2) is 6.61 Å². The minimum atomic E-state index is 0.455. The van der Waals surface area contributed by atoms with Crippen LogP contribution in [0.5, 0.6) is 0 Å². The van der Waals surface area contributed by atoms with Gasteiger partial charge in [-0.1, -0.05) is 20.3 Å². The first-order chi connectivity index (χ1) is 3.31. The highest BCUT2D eigenvalue weighted by atomic mass is 16.6. The molecule has 0 fully saturated rings. The van der Waals surface area contributed by atoms with Crippen molar-refractivity contribution < 1.29 is 4.84 Å². The fourth-order valence-corrected chi connectivity index (χ4v) is 0.245. The normalized spacial score (nSPS) is 14.1. The van der Waals surface area contributed by atoms with Gasteiger partial charge in [0.1, 0.15) is 0 Å². The van der Waals surface area contributed by atoms with Crippen molar-refractivity contribution in [3.63, 3.8) is 0 Å². The third kappa shape index (κ3) is 3.76. The highest BCUT2D eigenvalue weighted by Gasteiger charge is 1.94. The lowest BCUT2D eigenvalue weighted by molar-refractivity contribution is 0.0884. The zero-order valence-electron chi connectivity index (χ0n) is 4.85. The molecule has 2 nitrogen and oxygen atoms in total. The van der Waals surface area contributed by atoms with E-state index < -0.39 is 0 Å². The van der Waals surface area contributed by atoms with Gasteiger partial charge < -0.3 is 0 Å². The van der Waals surface area contributed by atoms with Gasteiger partial charge in [0.05, 0.1) is 6.61 Å². The van der Waals surface area contributed by atoms with Gasteiger partial charge in [-0.3, -0.25) is 4.84 Å². The lowest BCUT2D eigenvalue weighted by atomic mass is 10.1. The molecule has 7 heavy (non-hydrogen) atoms. The first kappa shape index (κ1) is 6.92. The number of hydrogen-bond acceptors (Lipinski definition) is 1. The van der Waals surface area contributed by atoms with Crippen LogP contribution in [0.1, 0.15) is 20.3 Å². The molecule has 0 spiro atoms. The van der Waals surface area contributed by atoms with Gasteiger partial charge in [0.25, 0.3) is 0 Å². The first-order valence-corrected chi connectivity index (χ1v) is 2.57. The Morgan fingerprint density at radius 1 is 1.71 bits per heavy atom. The van der Waals surface area contributed by atoms with Gasteiger partial charge in [0, 0.05) is 5.90 Å². The molecule has 0 aromatic rings. The Hall–Kier alpha value is -0.0800. The van der Waals surface area contributed by atoms with Gasteiger partial charge in [-0.05, 0) is 5.92 Å². The highest BCUT2D eigenvalue weighted by molar-refractivity contribution is 4.43. The fraction of sp³-hybridized carbons (Fsp3) is 1.00. The number of nitrogens with zero attached hydrogens (tertiary/aromatic N) is 1. The van der Waals surface area contributed by atoms with Gasteiger partial charge in [-0.25, -0.2) is 0 Å². The number of rotatable bonds is 3. The Kier molecular flexibility index (Phi) is 4.04. The first-order valence-electron chi connectivity index (χ1n) is 2.57. The van der Waals surface area contributed by atoms with Gasteiger partial charge in [0.15, 0.2) is 0 Å². The lowest BCUT2D eigenvalue weighted by Crippen LogP contribution is -2.01. The zero-order valence-corrected chi connectivity index (χ0v) is 4.85. The summed E-state index contributed by atoms with van der Waals surface area (Å²) in [5.74, 6) is 8.34. The van der Waals surface area contributed by atoms with E-state index in [2.05, 4.69) is 11.8 Å². The molecule has 2 radical (unpaired) electrons. The Morgan fingerprint density at radius 2 is 2.29 bits per heavy atom. The van der Waals surface area contributed by atoms with Gasteiger partial charge in [-0.2, -0.15) is 0 Å². The van der Waals surface area contributed by atoms with E-state index in [9.17, 15) is 0 Å². The number of hydrogen-bond donors (Lipinski definition) is 0. The molecule has 0 bridgehead atoms. The molecule has 1 unspecified atom stereocenters. The minimum Gasteiger partial charge on any atom is -0.263 e. The summed E-state index contributed by atoms with van der Waals surface area (Å²) in [6.07, 6.45) is 1.06. The molecule has 0 aliphatic rings. The summed E-state index contributed by atoms with van der Waals surface area (Å²) >= 11 is 0. The van der Waals surface area contributed by atoms with E-state index >= 15 is 0 Å². The van der Waals surface area contributed by atoms with E-state index in [1.165, 1.54) is 0 Å². The van der Waals surface area contributed by atoms with Crippen molar-refractivity contribution in [2.45, 2.75) is 20.3 Å². The quantitative estimate of drug-likeness (QED) is 0.488. The predicted octanol–water partition coefficient (Wildman–Crippen LogP) is 1.03. The highest BCUT2D eigenvalue weighted by Crippen LogP contribution is 1.97. The second kappa shape index (κ2) is 4.09. The molecule has 0 amide bonds. The average Bonchev–Trinajstić information content (AvgIpc) is 1.68. The molecule has 2 heteroatoms. The average molecular weight is 101 g/mol. The Labute approximate surface area is 44.6 Å². The summed E-state index contributed by atoms with van der Waals surface area (Å²) in [7, 11) is 0. The molecule has 0 aliphatic carbocycles. The van der Waals surface area contributed by atoms with E-state index in [1.54, 1.807) is 0 Å². The Morgan fingerprint density at radius 3 is 2.43 bits per heavy atom. The SMILES string of the molecule is CCC(C)CO[N]. The molecule has 0 aromatic heterocycles. The maximum absolute atomic E-state index is 7.87. The topological polar surface area (TPSA) is 31.5 Å². The summed E-state index contributed by atoms with van der Waals surface area (Å²) in [6.45, 7) is 4.54. The summed E-state index contributed by atoms with van der Waals surface area (Å²) in [6, 6.07) is 0. The third-order valence-corrected chi connectivity index (χ3v) is 1.06. The van der Waals surface area contributed by atoms with E-state index in [4.69, 9.17) is 5.90 Å². The van der Waals surface area contributed by atoms with Crippen LogP contribution in [0, 0.1) is 5.92 Å². The zero-order chi connectivity index (χ0) is 5.70. The lowest BCUT2D eigenvalue weighted by Gasteiger charge is -2.01. The van der Waals surface area contributed by atoms with E-state index in [-0.39, 0.29) is 0 Å². The van der Waals surface area contributed by atoms with E-state index in [1.807, 2.05) is 6.92 Å². The van der Waals surface area contributed by atoms with E-state index in [0.29, 0.717) is 12.5 Å². The Bertz CT molecular complexity index is 39.1. The third-order valence-electron chi connectivity index (χ3n) is 1.06. The standard InChI is InChI=1S/C5H11NO/c1-3-5(2)4-7-6/h5H,3-4H2,1-2H3. The van der Waals surface area contributed by atoms with Crippen LogP contribution in [0.4, 0.5) is 0 Å². The molecule has 0 aromatic carbocycles. The second-order valence-electron chi connectivity index (χ2n) is 1.81. The van der Waals surface area contributed by atoms with Crippen molar-refractivity contribution in [2.24, 2.45) is 5.92 Å². The van der Waals surface area contributed by atoms with Crippen LogP contribution < -0.4 is 5.90 Å². The summed E-state index contributed by atoms with van der Waals surface area (Å²) < 4.78 is 0. The van der Waals surface area contributed by atoms with Gasteiger partial charge in [-0.15, -0.1) is 0 Å². The van der Waals surface area contributed by atoms with Crippen LogP contribution in [0.3, 0.4) is 0 Å². The van der Waals surface area contributed by atoms with Crippen LogP contribution in [-0.2, 0) is 4.84 Å². The predicted molar refractivity (Wildman–Crippen MR) is 27.5 cm³/mol. The molecule has 0 rings (SSSR count). The monoisotopic (exact) mass is 101 g/mol. The smallest absolute Gasteiger partial charge is 0.0745 e. The van der Waals surface area contributed by atoms with Crippen molar-refractivity contribution in [1.29, 1.82) is 0 Å². The van der Waals surface area contributed by atoms with Crippen molar-refractivity contribution >= 4 is 0 Å². The molecule has 0 saturated carbocycles. The summed E-state index contributed by atoms with van der Waals surface area (Å²) in [5, 5.41) is 0. The van der Waals surface area contributed by atoms with Crippen molar-refractivity contribution in [2.75, 3.05) is 6.61 Å². The van der Waals surface area contributed by atoms with Gasteiger partial charge in [0.2, 0.25) is 0 Å². The van der Waals surface area contributed by atoms with Crippen LogP contribution in [0.2, 0.25) is 0 Å². The molecule has 42 valence electrons. The van der Waals surface area contributed by atoms with Crippen LogP contribution in [0.15, 0.2) is 0 Å². The van der Waals surface area contributed by atoms with Crippen LogP contribution in [0.25, 0.3) is 0 Å². The van der Waals surface area contributed by atoms with Crippen LogP contribution >= 0.6 is 0 Å². The summed E-state index contributed by atoms with van der Waals surface area (Å²) in [5.41, 5.74) is 0. The van der Waals surface area contributed by atoms with Crippen molar-refractivity contribution in [3.05, 3.63) is 0 Å². The molecule has 1 atom stereocenters. The molecular formula is C5H11NO. The van der Waals surface area contributed by atoms with Gasteiger partial charge >= 0.3 is 0 Å². The fourth-order valence-electron chi connectivity index (χ4n) is 0.245. The largest absolute Gasteiger partial charge is 0.263 e. The molecular weight excluding hydrogens is 90.1 g/mol. The molecule has 0 aliphatic heterocycles. The molecule has 0 saturated heterocycles. The second-order valence-corrected chi connectivity index (χ2v) is 1.81. The molecule has 0 N–H and O–H groups in total. The minimum absolute atomic E-state index is 0.455. The van der Waals surface area contributed by atoms with Crippen molar-refractivity contribution in [1.82, 2.24) is 5.90 Å².